The van der Waals surface area contributed by atoms with Crippen LogP contribution in [0.1, 0.15) is 16.7 Å². The standard InChI is InChI=1S/C26H24ClNO2.ClH/c1-29-23-13-8-19(9-14-23)16-28-17-25-24-5-3-2-4-21(24)10-15-26(25)30-18-20-6-11-22(27)12-7-20;/h2-15,28H,16-18H2,1H3;1H. The predicted octanol–water partition coefficient (Wildman–Crippen LogP) is 6.79. The van der Waals surface area contributed by atoms with Gasteiger partial charge in [-0.3, -0.25) is 0 Å². The molecule has 5 heteroatoms. The van der Waals surface area contributed by atoms with E-state index in [1.54, 1.807) is 7.11 Å². The van der Waals surface area contributed by atoms with Gasteiger partial charge in [0.15, 0.2) is 0 Å². The molecule has 4 aromatic rings. The molecule has 160 valence electrons. The molecule has 0 atom stereocenters. The number of fused-ring (bicyclic) bond motifs is 1. The summed E-state index contributed by atoms with van der Waals surface area (Å²) in [6.45, 7) is 1.98. The second-order valence-corrected chi connectivity index (χ2v) is 7.57. The molecule has 0 radical (unpaired) electrons. The van der Waals surface area contributed by atoms with E-state index in [1.807, 2.05) is 36.4 Å². The van der Waals surface area contributed by atoms with Crippen LogP contribution in [0.2, 0.25) is 5.02 Å². The van der Waals surface area contributed by atoms with Crippen LogP contribution >= 0.6 is 24.0 Å². The van der Waals surface area contributed by atoms with Gasteiger partial charge >= 0.3 is 0 Å². The van der Waals surface area contributed by atoms with Crippen LogP contribution < -0.4 is 14.8 Å². The first-order valence-electron chi connectivity index (χ1n) is 9.94. The van der Waals surface area contributed by atoms with Crippen LogP contribution in [0.15, 0.2) is 84.9 Å². The van der Waals surface area contributed by atoms with Crippen molar-refractivity contribution in [3.8, 4) is 11.5 Å². The number of hydrogen-bond acceptors (Lipinski definition) is 3. The zero-order valence-corrected chi connectivity index (χ0v) is 18.9. The molecular weight excluding hydrogens is 429 g/mol. The van der Waals surface area contributed by atoms with Gasteiger partial charge in [0.05, 0.1) is 7.11 Å². The summed E-state index contributed by atoms with van der Waals surface area (Å²) in [7, 11) is 1.68. The van der Waals surface area contributed by atoms with Gasteiger partial charge in [-0.1, -0.05) is 66.2 Å². The molecule has 0 aliphatic carbocycles. The van der Waals surface area contributed by atoms with Gasteiger partial charge in [0.1, 0.15) is 18.1 Å². The summed E-state index contributed by atoms with van der Waals surface area (Å²) in [6.07, 6.45) is 0. The summed E-state index contributed by atoms with van der Waals surface area (Å²) in [5.74, 6) is 1.76. The van der Waals surface area contributed by atoms with Gasteiger partial charge in [-0.2, -0.15) is 0 Å². The van der Waals surface area contributed by atoms with Crippen LogP contribution in [-0.2, 0) is 19.7 Å². The minimum absolute atomic E-state index is 0. The molecule has 0 saturated carbocycles. The first-order chi connectivity index (χ1) is 14.7. The summed E-state index contributed by atoms with van der Waals surface area (Å²) in [4.78, 5) is 0. The third-order valence-electron chi connectivity index (χ3n) is 5.10. The molecule has 31 heavy (non-hydrogen) atoms. The quantitative estimate of drug-likeness (QED) is 0.318. The van der Waals surface area contributed by atoms with Crippen molar-refractivity contribution in [3.63, 3.8) is 0 Å². The van der Waals surface area contributed by atoms with E-state index >= 15 is 0 Å². The highest BCUT2D eigenvalue weighted by atomic mass is 35.5. The highest BCUT2D eigenvalue weighted by molar-refractivity contribution is 6.30. The number of nitrogens with one attached hydrogen (secondary N) is 1. The Bertz CT molecular complexity index is 1110. The normalized spacial score (nSPS) is 10.5. The molecule has 0 bridgehead atoms. The van der Waals surface area contributed by atoms with E-state index in [4.69, 9.17) is 21.1 Å². The van der Waals surface area contributed by atoms with Gasteiger partial charge in [0.25, 0.3) is 0 Å². The van der Waals surface area contributed by atoms with Crippen molar-refractivity contribution in [2.45, 2.75) is 19.7 Å². The highest BCUT2D eigenvalue weighted by Crippen LogP contribution is 2.29. The zero-order valence-electron chi connectivity index (χ0n) is 17.3. The molecule has 4 rings (SSSR count). The minimum atomic E-state index is 0. The molecule has 3 nitrogen and oxygen atoms in total. The fourth-order valence-corrected chi connectivity index (χ4v) is 3.58. The fourth-order valence-electron chi connectivity index (χ4n) is 3.45. The molecule has 0 aromatic heterocycles. The van der Waals surface area contributed by atoms with E-state index < -0.39 is 0 Å². The van der Waals surface area contributed by atoms with Gasteiger partial charge in [0, 0.05) is 23.7 Å². The topological polar surface area (TPSA) is 30.5 Å². The minimum Gasteiger partial charge on any atom is -0.497 e. The summed E-state index contributed by atoms with van der Waals surface area (Å²) in [5.41, 5.74) is 3.46. The first-order valence-corrected chi connectivity index (χ1v) is 10.3. The summed E-state index contributed by atoms with van der Waals surface area (Å²) < 4.78 is 11.4. The van der Waals surface area contributed by atoms with E-state index in [2.05, 4.69) is 53.8 Å². The van der Waals surface area contributed by atoms with Gasteiger partial charge in [0.2, 0.25) is 0 Å². The Morgan fingerprint density at radius 1 is 0.774 bits per heavy atom. The number of halogens is 2. The molecule has 0 unspecified atom stereocenters. The summed E-state index contributed by atoms with van der Waals surface area (Å²) in [6, 6.07) is 28.4. The second-order valence-electron chi connectivity index (χ2n) is 7.13. The lowest BCUT2D eigenvalue weighted by Gasteiger charge is -2.15. The number of ether oxygens (including phenoxy) is 2. The Morgan fingerprint density at radius 2 is 1.48 bits per heavy atom. The summed E-state index contributed by atoms with van der Waals surface area (Å²) >= 11 is 5.99. The van der Waals surface area contributed by atoms with Crippen molar-refractivity contribution in [2.24, 2.45) is 0 Å². The number of methoxy groups -OCH3 is 1. The third-order valence-corrected chi connectivity index (χ3v) is 5.35. The van der Waals surface area contributed by atoms with Crippen molar-refractivity contribution >= 4 is 34.8 Å². The number of benzene rings is 4. The van der Waals surface area contributed by atoms with E-state index in [0.717, 1.165) is 34.2 Å². The number of hydrogen-bond donors (Lipinski definition) is 1. The monoisotopic (exact) mass is 453 g/mol. The Balaban J connectivity index is 0.00000272. The molecule has 0 spiro atoms. The molecule has 4 aromatic carbocycles. The molecule has 0 aliphatic rings. The van der Waals surface area contributed by atoms with Crippen LogP contribution in [-0.4, -0.2) is 7.11 Å². The van der Waals surface area contributed by atoms with E-state index in [-0.39, 0.29) is 12.4 Å². The zero-order chi connectivity index (χ0) is 20.8. The van der Waals surface area contributed by atoms with Crippen LogP contribution in [0.5, 0.6) is 11.5 Å². The summed E-state index contributed by atoms with van der Waals surface area (Å²) in [5, 5.41) is 6.69. The Kier molecular flexibility index (Phi) is 8.19. The smallest absolute Gasteiger partial charge is 0.124 e. The van der Waals surface area contributed by atoms with E-state index in [0.29, 0.717) is 13.2 Å². The maximum atomic E-state index is 6.20. The highest BCUT2D eigenvalue weighted by Gasteiger charge is 2.09. The average Bonchev–Trinajstić information content (AvgIpc) is 2.80. The Labute approximate surface area is 194 Å². The van der Waals surface area contributed by atoms with Gasteiger partial charge in [-0.25, -0.2) is 0 Å². The van der Waals surface area contributed by atoms with Crippen molar-refractivity contribution < 1.29 is 9.47 Å². The Hall–Kier alpha value is -2.72. The lowest BCUT2D eigenvalue weighted by molar-refractivity contribution is 0.302. The maximum absolute atomic E-state index is 6.20. The van der Waals surface area contributed by atoms with Crippen molar-refractivity contribution in [3.05, 3.63) is 107 Å². The molecule has 0 amide bonds. The van der Waals surface area contributed by atoms with Crippen LogP contribution in [0.25, 0.3) is 10.8 Å². The van der Waals surface area contributed by atoms with Crippen molar-refractivity contribution in [1.29, 1.82) is 0 Å². The molecule has 0 aliphatic heterocycles. The fraction of sp³-hybridized carbons (Fsp3) is 0.154. The van der Waals surface area contributed by atoms with Crippen molar-refractivity contribution in [1.82, 2.24) is 5.32 Å². The van der Waals surface area contributed by atoms with Crippen molar-refractivity contribution in [2.75, 3.05) is 7.11 Å². The van der Waals surface area contributed by atoms with Crippen LogP contribution in [0, 0.1) is 0 Å². The van der Waals surface area contributed by atoms with Gasteiger partial charge in [-0.05, 0) is 52.2 Å². The van der Waals surface area contributed by atoms with E-state index in [1.165, 1.54) is 16.3 Å². The second kappa shape index (κ2) is 11.1. The lowest BCUT2D eigenvalue weighted by atomic mass is 10.0. The average molecular weight is 454 g/mol. The third kappa shape index (κ3) is 5.92. The largest absolute Gasteiger partial charge is 0.497 e. The predicted molar refractivity (Wildman–Crippen MR) is 131 cm³/mol. The SMILES string of the molecule is COc1ccc(CNCc2c(OCc3ccc(Cl)cc3)ccc3ccccc23)cc1.Cl. The van der Waals surface area contributed by atoms with Gasteiger partial charge in [-0.15, -0.1) is 12.4 Å². The van der Waals surface area contributed by atoms with Crippen LogP contribution in [0.4, 0.5) is 0 Å². The Morgan fingerprint density at radius 3 is 2.23 bits per heavy atom. The van der Waals surface area contributed by atoms with Crippen LogP contribution in [0.3, 0.4) is 0 Å². The van der Waals surface area contributed by atoms with E-state index in [9.17, 15) is 0 Å². The lowest BCUT2D eigenvalue weighted by Crippen LogP contribution is -2.14. The molecule has 0 saturated heterocycles. The number of rotatable bonds is 8. The molecule has 1 N–H and O–H groups in total. The molecule has 0 heterocycles. The van der Waals surface area contributed by atoms with Gasteiger partial charge < -0.3 is 14.8 Å². The molecular formula is C26H25Cl2NO2. The first kappa shape index (κ1) is 23.0. The molecule has 0 fully saturated rings. The maximum Gasteiger partial charge on any atom is 0.124 e.